The van der Waals surface area contributed by atoms with E-state index in [9.17, 15) is 0 Å². The predicted molar refractivity (Wildman–Crippen MR) is 76.9 cm³/mol. The molecule has 1 aromatic heterocycles. The Morgan fingerprint density at radius 3 is 2.94 bits per heavy atom. The van der Waals surface area contributed by atoms with Crippen LogP contribution in [0.15, 0.2) is 0 Å². The minimum atomic E-state index is 0. The summed E-state index contributed by atoms with van der Waals surface area (Å²) in [7, 11) is 0. The van der Waals surface area contributed by atoms with E-state index in [4.69, 9.17) is 9.72 Å². The van der Waals surface area contributed by atoms with Crippen LogP contribution < -0.4 is 5.32 Å². The molecule has 1 unspecified atom stereocenters. The third-order valence-corrected chi connectivity index (χ3v) is 5.01. The number of hydrogen-bond donors (Lipinski definition) is 1. The van der Waals surface area contributed by atoms with Crippen LogP contribution in [-0.2, 0) is 16.6 Å². The topological polar surface area (TPSA) is 34.1 Å². The maximum Gasteiger partial charge on any atom is 0.112 e. The van der Waals surface area contributed by atoms with Gasteiger partial charge in [0.2, 0.25) is 0 Å². The lowest BCUT2D eigenvalue weighted by Gasteiger charge is -2.28. The molecule has 1 aliphatic heterocycles. The Morgan fingerprint density at radius 2 is 2.28 bits per heavy atom. The van der Waals surface area contributed by atoms with E-state index in [-0.39, 0.29) is 17.8 Å². The predicted octanol–water partition coefficient (Wildman–Crippen LogP) is 2.84. The first kappa shape index (κ1) is 14.3. The van der Waals surface area contributed by atoms with Gasteiger partial charge in [0.1, 0.15) is 5.01 Å². The fourth-order valence-corrected chi connectivity index (χ4v) is 4.10. The largest absolute Gasteiger partial charge is 0.378 e. The van der Waals surface area contributed by atoms with Gasteiger partial charge in [0.05, 0.1) is 24.9 Å². The maximum absolute atomic E-state index is 5.52. The maximum atomic E-state index is 5.52. The monoisotopic (exact) mass is 288 g/mol. The van der Waals surface area contributed by atoms with Crippen LogP contribution in [-0.4, -0.2) is 24.7 Å². The lowest BCUT2D eigenvalue weighted by Crippen LogP contribution is -2.34. The highest BCUT2D eigenvalue weighted by molar-refractivity contribution is 7.11. The van der Waals surface area contributed by atoms with Crippen LogP contribution in [0, 0.1) is 0 Å². The zero-order valence-corrected chi connectivity index (χ0v) is 12.6. The van der Waals surface area contributed by atoms with Gasteiger partial charge in [-0.2, -0.15) is 0 Å². The van der Waals surface area contributed by atoms with E-state index in [2.05, 4.69) is 19.2 Å². The summed E-state index contributed by atoms with van der Waals surface area (Å²) in [5.41, 5.74) is 1.61. The molecule has 0 spiro atoms. The number of aryl methyl sites for hydroxylation is 1. The molecule has 1 aromatic rings. The van der Waals surface area contributed by atoms with Crippen molar-refractivity contribution in [1.29, 1.82) is 0 Å². The molecular weight excluding hydrogens is 268 g/mol. The first-order chi connectivity index (χ1) is 8.17. The summed E-state index contributed by atoms with van der Waals surface area (Å²) in [6, 6.07) is 0.315. The zero-order valence-electron chi connectivity index (χ0n) is 11.0. The second-order valence-electron chi connectivity index (χ2n) is 5.64. The van der Waals surface area contributed by atoms with Gasteiger partial charge in [-0.3, -0.25) is 0 Å². The van der Waals surface area contributed by atoms with Gasteiger partial charge < -0.3 is 10.1 Å². The lowest BCUT2D eigenvalue weighted by molar-refractivity contribution is 0.0767. The highest BCUT2D eigenvalue weighted by Crippen LogP contribution is 2.40. The number of rotatable bonds is 1. The number of morpholine rings is 1. The number of aromatic nitrogens is 1. The van der Waals surface area contributed by atoms with Crippen LogP contribution in [0.2, 0.25) is 0 Å². The Balaban J connectivity index is 0.00000120. The standard InChI is InChI=1S/C13H20N2OS.ClH/c1-13(2)5-3-4-10-11(13)15-12(17-10)9-8-16-7-6-14-9;/h9,14H,3-8H2,1-2H3;1H. The number of halogens is 1. The van der Waals surface area contributed by atoms with E-state index in [0.717, 1.165) is 19.8 Å². The fourth-order valence-electron chi connectivity index (χ4n) is 2.75. The van der Waals surface area contributed by atoms with Crippen molar-refractivity contribution in [2.75, 3.05) is 19.8 Å². The number of ether oxygens (including phenoxy) is 1. The summed E-state index contributed by atoms with van der Waals surface area (Å²) in [6.45, 7) is 7.18. The van der Waals surface area contributed by atoms with Gasteiger partial charge in [0, 0.05) is 16.8 Å². The zero-order chi connectivity index (χ0) is 11.9. The summed E-state index contributed by atoms with van der Waals surface area (Å²) in [6.07, 6.45) is 3.78. The molecular formula is C13H21ClN2OS. The summed E-state index contributed by atoms with van der Waals surface area (Å²) in [5, 5.41) is 4.72. The minimum absolute atomic E-state index is 0. The molecule has 102 valence electrons. The van der Waals surface area contributed by atoms with E-state index in [0.29, 0.717) is 6.04 Å². The van der Waals surface area contributed by atoms with Crippen LogP contribution in [0.4, 0.5) is 0 Å². The van der Waals surface area contributed by atoms with E-state index in [1.165, 1.54) is 34.8 Å². The second-order valence-corrected chi connectivity index (χ2v) is 6.76. The molecule has 0 amide bonds. The van der Waals surface area contributed by atoms with Crippen LogP contribution in [0.3, 0.4) is 0 Å². The molecule has 1 atom stereocenters. The molecule has 3 rings (SSSR count). The Hall–Kier alpha value is -0.160. The van der Waals surface area contributed by atoms with Crippen LogP contribution in [0.5, 0.6) is 0 Å². The Labute approximate surface area is 119 Å². The number of nitrogens with one attached hydrogen (secondary N) is 1. The molecule has 2 aliphatic rings. The van der Waals surface area contributed by atoms with Crippen molar-refractivity contribution in [3.8, 4) is 0 Å². The number of thiazole rings is 1. The van der Waals surface area contributed by atoms with Crippen LogP contribution >= 0.6 is 23.7 Å². The normalized spacial score (nSPS) is 26.2. The Kier molecular flexibility index (Phi) is 4.32. The summed E-state index contributed by atoms with van der Waals surface area (Å²) < 4.78 is 5.52. The number of nitrogens with zero attached hydrogens (tertiary/aromatic N) is 1. The van der Waals surface area contributed by atoms with Gasteiger partial charge in [-0.05, 0) is 19.3 Å². The number of hydrogen-bond acceptors (Lipinski definition) is 4. The first-order valence-electron chi connectivity index (χ1n) is 6.48. The molecule has 5 heteroatoms. The Bertz CT molecular complexity index is 413. The third-order valence-electron chi connectivity index (χ3n) is 3.78. The molecule has 2 heterocycles. The van der Waals surface area contributed by atoms with Gasteiger partial charge in [-0.1, -0.05) is 13.8 Å². The van der Waals surface area contributed by atoms with Crippen molar-refractivity contribution in [2.24, 2.45) is 0 Å². The average molecular weight is 289 g/mol. The molecule has 1 saturated heterocycles. The highest BCUT2D eigenvalue weighted by Gasteiger charge is 2.32. The highest BCUT2D eigenvalue weighted by atomic mass is 35.5. The summed E-state index contributed by atoms with van der Waals surface area (Å²) in [5.74, 6) is 0. The van der Waals surface area contributed by atoms with Crippen molar-refractivity contribution in [3.05, 3.63) is 15.6 Å². The number of fused-ring (bicyclic) bond motifs is 1. The van der Waals surface area contributed by atoms with Gasteiger partial charge >= 0.3 is 0 Å². The quantitative estimate of drug-likeness (QED) is 0.863. The SMILES string of the molecule is CC1(C)CCCc2sc(C3COCCN3)nc21.Cl. The summed E-state index contributed by atoms with van der Waals surface area (Å²) in [4.78, 5) is 6.41. The molecule has 0 radical (unpaired) electrons. The first-order valence-corrected chi connectivity index (χ1v) is 7.30. The van der Waals surface area contributed by atoms with E-state index in [1.807, 2.05) is 11.3 Å². The second kappa shape index (κ2) is 5.45. The van der Waals surface area contributed by atoms with Gasteiger partial charge in [-0.15, -0.1) is 23.7 Å². The van der Waals surface area contributed by atoms with Crippen LogP contribution in [0.25, 0.3) is 0 Å². The summed E-state index contributed by atoms with van der Waals surface area (Å²) >= 11 is 1.89. The Morgan fingerprint density at radius 1 is 1.44 bits per heavy atom. The van der Waals surface area contributed by atoms with Crippen molar-refractivity contribution in [1.82, 2.24) is 10.3 Å². The molecule has 0 saturated carbocycles. The molecule has 1 fully saturated rings. The van der Waals surface area contributed by atoms with Crippen molar-refractivity contribution < 1.29 is 4.74 Å². The van der Waals surface area contributed by atoms with E-state index in [1.54, 1.807) is 0 Å². The minimum Gasteiger partial charge on any atom is -0.378 e. The van der Waals surface area contributed by atoms with Crippen molar-refractivity contribution in [2.45, 2.75) is 44.6 Å². The van der Waals surface area contributed by atoms with E-state index >= 15 is 0 Å². The molecule has 3 nitrogen and oxygen atoms in total. The van der Waals surface area contributed by atoms with Crippen molar-refractivity contribution >= 4 is 23.7 Å². The molecule has 0 bridgehead atoms. The van der Waals surface area contributed by atoms with Crippen molar-refractivity contribution in [3.63, 3.8) is 0 Å². The molecule has 1 aliphatic carbocycles. The smallest absolute Gasteiger partial charge is 0.112 e. The molecule has 1 N–H and O–H groups in total. The van der Waals surface area contributed by atoms with Gasteiger partial charge in [0.25, 0.3) is 0 Å². The van der Waals surface area contributed by atoms with E-state index < -0.39 is 0 Å². The molecule has 18 heavy (non-hydrogen) atoms. The van der Waals surface area contributed by atoms with Gasteiger partial charge in [0.15, 0.2) is 0 Å². The van der Waals surface area contributed by atoms with Crippen LogP contribution in [0.1, 0.15) is 48.3 Å². The fraction of sp³-hybridized carbons (Fsp3) is 0.769. The average Bonchev–Trinajstić information content (AvgIpc) is 2.75. The third kappa shape index (κ3) is 2.57. The van der Waals surface area contributed by atoms with Gasteiger partial charge in [-0.25, -0.2) is 4.98 Å². The lowest BCUT2D eigenvalue weighted by atomic mass is 9.79. The molecule has 0 aromatic carbocycles.